The van der Waals surface area contributed by atoms with Gasteiger partial charge in [0.1, 0.15) is 5.69 Å². The first kappa shape index (κ1) is 16.2. The van der Waals surface area contributed by atoms with Crippen molar-refractivity contribution in [1.82, 2.24) is 20.0 Å². The van der Waals surface area contributed by atoms with Crippen LogP contribution >= 0.6 is 0 Å². The molecule has 0 fully saturated rings. The zero-order valence-corrected chi connectivity index (χ0v) is 12.5. The molecule has 7 nitrogen and oxygen atoms in total. The molecule has 1 N–H and O–H groups in total. The predicted molar refractivity (Wildman–Crippen MR) is 74.7 cm³/mol. The normalized spacial score (nSPS) is 10.7. The lowest BCUT2D eigenvalue weighted by atomic mass is 10.3. The fourth-order valence-corrected chi connectivity index (χ4v) is 1.66. The monoisotopic (exact) mass is 282 g/mol. The van der Waals surface area contributed by atoms with E-state index >= 15 is 0 Å². The Balaban J connectivity index is 2.57. The third-order valence-corrected chi connectivity index (χ3v) is 2.66. The summed E-state index contributed by atoms with van der Waals surface area (Å²) in [4.78, 5) is 25.5. The lowest BCUT2D eigenvalue weighted by Gasteiger charge is -2.09. The van der Waals surface area contributed by atoms with E-state index in [1.54, 1.807) is 14.0 Å². The minimum absolute atomic E-state index is 0.223. The van der Waals surface area contributed by atoms with Crippen molar-refractivity contribution in [1.29, 1.82) is 0 Å². The molecule has 0 aliphatic carbocycles. The smallest absolute Gasteiger partial charge is 0.356 e. The molecule has 0 bridgehead atoms. The van der Waals surface area contributed by atoms with Crippen molar-refractivity contribution in [2.24, 2.45) is 7.05 Å². The van der Waals surface area contributed by atoms with Gasteiger partial charge in [-0.3, -0.25) is 9.48 Å². The molecule has 0 aromatic carbocycles. The summed E-state index contributed by atoms with van der Waals surface area (Å²) in [6.45, 7) is 3.49. The highest BCUT2D eigenvalue weighted by Crippen LogP contribution is 2.05. The first-order chi connectivity index (χ1) is 9.45. The Bertz CT molecular complexity index is 468. The summed E-state index contributed by atoms with van der Waals surface area (Å²) in [6.07, 6.45) is 0.857. The molecule has 0 aliphatic rings. The van der Waals surface area contributed by atoms with Crippen LogP contribution in [0.15, 0.2) is 6.07 Å². The van der Waals surface area contributed by atoms with Crippen LogP contribution in [0.3, 0.4) is 0 Å². The van der Waals surface area contributed by atoms with Gasteiger partial charge >= 0.3 is 5.97 Å². The standard InChI is InChI=1S/C13H22N4O3/c1-5-20-13(19)11-9-10(15-17(11)4)12(18)14-7-6-8-16(2)3/h9H,5-8H2,1-4H3,(H,14,18). The number of carbonyl (C=O) groups excluding carboxylic acids is 2. The number of ether oxygens (including phenoxy) is 1. The quantitative estimate of drug-likeness (QED) is 0.574. The number of aromatic nitrogens is 2. The summed E-state index contributed by atoms with van der Waals surface area (Å²) in [5, 5.41) is 6.79. The van der Waals surface area contributed by atoms with Gasteiger partial charge < -0.3 is 15.0 Å². The fraction of sp³-hybridized carbons (Fsp3) is 0.615. The summed E-state index contributed by atoms with van der Waals surface area (Å²) in [5.74, 6) is -0.760. The Labute approximate surface area is 118 Å². The zero-order chi connectivity index (χ0) is 15.1. The maximum absolute atomic E-state index is 11.9. The number of esters is 1. The van der Waals surface area contributed by atoms with Crippen molar-refractivity contribution < 1.29 is 14.3 Å². The van der Waals surface area contributed by atoms with Crippen LogP contribution in [-0.4, -0.2) is 60.3 Å². The van der Waals surface area contributed by atoms with Crippen LogP contribution in [0.1, 0.15) is 34.3 Å². The van der Waals surface area contributed by atoms with Crippen molar-refractivity contribution in [3.05, 3.63) is 17.5 Å². The van der Waals surface area contributed by atoms with Gasteiger partial charge in [-0.05, 0) is 34.0 Å². The molecule has 1 aromatic rings. The Morgan fingerprint density at radius 3 is 2.75 bits per heavy atom. The number of amides is 1. The van der Waals surface area contributed by atoms with Crippen LogP contribution in [0, 0.1) is 0 Å². The molecule has 0 radical (unpaired) electrons. The molecular formula is C13H22N4O3. The molecule has 1 heterocycles. The summed E-state index contributed by atoms with van der Waals surface area (Å²) in [6, 6.07) is 1.44. The number of rotatable bonds is 7. The lowest BCUT2D eigenvalue weighted by molar-refractivity contribution is 0.0513. The number of nitrogens with zero attached hydrogens (tertiary/aromatic N) is 3. The minimum atomic E-state index is -0.478. The van der Waals surface area contributed by atoms with E-state index in [-0.39, 0.29) is 23.9 Å². The van der Waals surface area contributed by atoms with E-state index in [2.05, 4.69) is 10.4 Å². The Morgan fingerprint density at radius 2 is 2.15 bits per heavy atom. The molecule has 0 unspecified atom stereocenters. The van der Waals surface area contributed by atoms with Gasteiger partial charge in [0, 0.05) is 19.7 Å². The fourth-order valence-electron chi connectivity index (χ4n) is 1.66. The van der Waals surface area contributed by atoms with E-state index in [0.29, 0.717) is 6.54 Å². The maximum atomic E-state index is 11.9. The second kappa shape index (κ2) is 7.64. The SMILES string of the molecule is CCOC(=O)c1cc(C(=O)NCCCN(C)C)nn1C. The van der Waals surface area contributed by atoms with Gasteiger partial charge in [-0.2, -0.15) is 5.10 Å². The third-order valence-electron chi connectivity index (χ3n) is 2.66. The summed E-state index contributed by atoms with van der Waals surface area (Å²) in [5.41, 5.74) is 0.491. The van der Waals surface area contributed by atoms with Crippen LogP contribution in [0.25, 0.3) is 0 Å². The van der Waals surface area contributed by atoms with Crippen molar-refractivity contribution in [3.8, 4) is 0 Å². The molecule has 112 valence electrons. The lowest BCUT2D eigenvalue weighted by Crippen LogP contribution is -2.27. The van der Waals surface area contributed by atoms with E-state index in [1.807, 2.05) is 19.0 Å². The second-order valence-electron chi connectivity index (χ2n) is 4.67. The predicted octanol–water partition coefficient (Wildman–Crippen LogP) is 0.278. The molecule has 0 saturated carbocycles. The van der Waals surface area contributed by atoms with Crippen LogP contribution in [0.4, 0.5) is 0 Å². The average molecular weight is 282 g/mol. The van der Waals surface area contributed by atoms with Crippen LogP contribution in [0.2, 0.25) is 0 Å². The first-order valence-corrected chi connectivity index (χ1v) is 6.59. The van der Waals surface area contributed by atoms with Gasteiger partial charge in [0.25, 0.3) is 5.91 Å². The van der Waals surface area contributed by atoms with Crippen molar-refractivity contribution in [3.63, 3.8) is 0 Å². The molecule has 7 heteroatoms. The third kappa shape index (κ3) is 4.65. The molecule has 0 aliphatic heterocycles. The topological polar surface area (TPSA) is 76.5 Å². The highest BCUT2D eigenvalue weighted by molar-refractivity contribution is 5.95. The molecular weight excluding hydrogens is 260 g/mol. The van der Waals surface area contributed by atoms with Gasteiger partial charge in [0.15, 0.2) is 5.69 Å². The van der Waals surface area contributed by atoms with Crippen LogP contribution in [0.5, 0.6) is 0 Å². The Hall–Kier alpha value is -1.89. The minimum Gasteiger partial charge on any atom is -0.461 e. The van der Waals surface area contributed by atoms with Gasteiger partial charge in [-0.25, -0.2) is 4.79 Å². The Morgan fingerprint density at radius 1 is 1.45 bits per heavy atom. The maximum Gasteiger partial charge on any atom is 0.356 e. The van der Waals surface area contributed by atoms with E-state index in [4.69, 9.17) is 4.74 Å². The second-order valence-corrected chi connectivity index (χ2v) is 4.67. The van der Waals surface area contributed by atoms with E-state index in [9.17, 15) is 9.59 Å². The zero-order valence-electron chi connectivity index (χ0n) is 12.5. The highest BCUT2D eigenvalue weighted by atomic mass is 16.5. The van der Waals surface area contributed by atoms with Crippen LogP contribution in [-0.2, 0) is 11.8 Å². The molecule has 0 atom stereocenters. The van der Waals surface area contributed by atoms with Gasteiger partial charge in [0.2, 0.25) is 0 Å². The number of carbonyl (C=O) groups is 2. The number of aryl methyl sites for hydroxylation is 1. The molecule has 20 heavy (non-hydrogen) atoms. The van der Waals surface area contributed by atoms with Gasteiger partial charge in [-0.1, -0.05) is 0 Å². The Kier molecular flexibility index (Phi) is 6.17. The summed E-state index contributed by atoms with van der Waals surface area (Å²) in [7, 11) is 5.56. The summed E-state index contributed by atoms with van der Waals surface area (Å²) >= 11 is 0. The van der Waals surface area contributed by atoms with Crippen molar-refractivity contribution >= 4 is 11.9 Å². The van der Waals surface area contributed by atoms with Crippen molar-refractivity contribution in [2.45, 2.75) is 13.3 Å². The molecule has 0 spiro atoms. The first-order valence-electron chi connectivity index (χ1n) is 6.59. The van der Waals surface area contributed by atoms with Crippen LogP contribution < -0.4 is 5.32 Å². The highest BCUT2D eigenvalue weighted by Gasteiger charge is 2.17. The molecule has 1 amide bonds. The van der Waals surface area contributed by atoms with Crippen molar-refractivity contribution in [2.75, 3.05) is 33.8 Å². The average Bonchev–Trinajstić information content (AvgIpc) is 2.76. The molecule has 1 aromatic heterocycles. The largest absolute Gasteiger partial charge is 0.461 e. The number of nitrogens with one attached hydrogen (secondary N) is 1. The van der Waals surface area contributed by atoms with Gasteiger partial charge in [-0.15, -0.1) is 0 Å². The van der Waals surface area contributed by atoms with E-state index in [0.717, 1.165) is 13.0 Å². The number of hydrogen-bond donors (Lipinski definition) is 1. The molecule has 1 rings (SSSR count). The molecule has 0 saturated heterocycles. The van der Waals surface area contributed by atoms with E-state index < -0.39 is 5.97 Å². The summed E-state index contributed by atoms with van der Waals surface area (Å²) < 4.78 is 6.24. The van der Waals surface area contributed by atoms with E-state index in [1.165, 1.54) is 10.7 Å². The number of hydrogen-bond acceptors (Lipinski definition) is 5. The van der Waals surface area contributed by atoms with Gasteiger partial charge in [0.05, 0.1) is 6.61 Å².